The summed E-state index contributed by atoms with van der Waals surface area (Å²) in [7, 11) is 1.59. The third-order valence-corrected chi connectivity index (χ3v) is 5.97. The molecule has 0 saturated heterocycles. The molecule has 0 fully saturated rings. The van der Waals surface area contributed by atoms with E-state index >= 15 is 0 Å². The molecule has 2 unspecified atom stereocenters. The summed E-state index contributed by atoms with van der Waals surface area (Å²) in [6.45, 7) is 6.12. The topological polar surface area (TPSA) is 58.6 Å². The molecule has 2 rings (SSSR count). The molecule has 0 heterocycles. The van der Waals surface area contributed by atoms with Gasteiger partial charge in [-0.1, -0.05) is 55.2 Å². The average Bonchev–Trinajstić information content (AvgIpc) is 2.76. The van der Waals surface area contributed by atoms with Crippen molar-refractivity contribution in [3.63, 3.8) is 0 Å². The second-order valence-electron chi connectivity index (χ2n) is 7.49. The molecule has 2 aromatic rings. The number of benzene rings is 2. The van der Waals surface area contributed by atoms with Crippen LogP contribution in [0, 0.1) is 0 Å². The Morgan fingerprint density at radius 3 is 2.29 bits per heavy atom. The van der Waals surface area contributed by atoms with Crippen molar-refractivity contribution in [1.29, 1.82) is 0 Å². The van der Waals surface area contributed by atoms with Gasteiger partial charge in [-0.15, -0.1) is 0 Å². The second-order valence-corrected chi connectivity index (χ2v) is 8.31. The minimum absolute atomic E-state index is 0.00951. The molecule has 2 aromatic carbocycles. The monoisotopic (exact) mass is 464 g/mol. The number of carbonyl (C=O) groups excluding carboxylic acids is 2. The van der Waals surface area contributed by atoms with E-state index in [1.807, 2.05) is 45.0 Å². The highest BCUT2D eigenvalue weighted by Crippen LogP contribution is 2.26. The number of nitrogens with zero attached hydrogens (tertiary/aromatic N) is 1. The number of rotatable bonds is 10. The summed E-state index contributed by atoms with van der Waals surface area (Å²) in [4.78, 5) is 28.0. The highest BCUT2D eigenvalue weighted by Gasteiger charge is 2.30. The van der Waals surface area contributed by atoms with Crippen LogP contribution >= 0.6 is 23.2 Å². The van der Waals surface area contributed by atoms with E-state index in [1.54, 1.807) is 30.2 Å². The maximum absolute atomic E-state index is 13.4. The maximum Gasteiger partial charge on any atom is 0.243 e. The molecule has 7 heteroatoms. The Kier molecular flexibility index (Phi) is 9.66. The molecule has 0 aliphatic rings. The first-order valence-electron chi connectivity index (χ1n) is 10.5. The van der Waals surface area contributed by atoms with Gasteiger partial charge in [0.15, 0.2) is 0 Å². The molecule has 2 atom stereocenters. The highest BCUT2D eigenvalue weighted by molar-refractivity contribution is 6.36. The minimum Gasteiger partial charge on any atom is -0.497 e. The van der Waals surface area contributed by atoms with Crippen molar-refractivity contribution in [3.05, 3.63) is 63.6 Å². The molecule has 0 aromatic heterocycles. The molecule has 2 amide bonds. The molecule has 0 aliphatic heterocycles. The van der Waals surface area contributed by atoms with Gasteiger partial charge >= 0.3 is 0 Å². The predicted octanol–water partition coefficient (Wildman–Crippen LogP) is 5.27. The first kappa shape index (κ1) is 25.0. The number of carbonyl (C=O) groups is 2. The van der Waals surface area contributed by atoms with Crippen LogP contribution in [0.5, 0.6) is 5.75 Å². The van der Waals surface area contributed by atoms with Gasteiger partial charge in [-0.25, -0.2) is 0 Å². The molecule has 0 saturated carbocycles. The third kappa shape index (κ3) is 6.88. The molecule has 0 spiro atoms. The van der Waals surface area contributed by atoms with Crippen LogP contribution in [0.1, 0.15) is 44.7 Å². The zero-order chi connectivity index (χ0) is 23.0. The van der Waals surface area contributed by atoms with E-state index in [9.17, 15) is 9.59 Å². The number of nitrogens with one attached hydrogen (secondary N) is 1. The first-order chi connectivity index (χ1) is 14.8. The normalized spacial score (nSPS) is 12.7. The third-order valence-electron chi connectivity index (χ3n) is 5.26. The van der Waals surface area contributed by atoms with Crippen molar-refractivity contribution >= 4 is 35.0 Å². The van der Waals surface area contributed by atoms with E-state index < -0.39 is 6.04 Å². The Morgan fingerprint density at radius 1 is 1.06 bits per heavy atom. The number of methoxy groups -OCH3 is 1. The van der Waals surface area contributed by atoms with Crippen molar-refractivity contribution in [1.82, 2.24) is 10.2 Å². The van der Waals surface area contributed by atoms with Gasteiger partial charge in [-0.2, -0.15) is 0 Å². The fourth-order valence-electron chi connectivity index (χ4n) is 3.28. The summed E-state index contributed by atoms with van der Waals surface area (Å²) in [6, 6.07) is 12.0. The van der Waals surface area contributed by atoms with Gasteiger partial charge < -0.3 is 15.0 Å². The van der Waals surface area contributed by atoms with Crippen molar-refractivity contribution < 1.29 is 14.3 Å². The first-order valence-corrected chi connectivity index (χ1v) is 11.2. The van der Waals surface area contributed by atoms with Gasteiger partial charge in [-0.3, -0.25) is 9.59 Å². The molecule has 0 bridgehead atoms. The van der Waals surface area contributed by atoms with Gasteiger partial charge in [0, 0.05) is 22.6 Å². The lowest BCUT2D eigenvalue weighted by Gasteiger charge is -2.32. The summed E-state index contributed by atoms with van der Waals surface area (Å²) in [6.07, 6.45) is 1.30. The van der Waals surface area contributed by atoms with Crippen molar-refractivity contribution in [2.24, 2.45) is 0 Å². The number of hydrogen-bond acceptors (Lipinski definition) is 3. The predicted molar refractivity (Wildman–Crippen MR) is 126 cm³/mol. The second kappa shape index (κ2) is 12.0. The molecule has 0 radical (unpaired) electrons. The smallest absolute Gasteiger partial charge is 0.243 e. The quantitative estimate of drug-likeness (QED) is 0.520. The number of amides is 2. The van der Waals surface area contributed by atoms with Gasteiger partial charge in [0.2, 0.25) is 11.8 Å². The number of hydrogen-bond donors (Lipinski definition) is 1. The van der Waals surface area contributed by atoms with Crippen molar-refractivity contribution in [2.75, 3.05) is 7.11 Å². The molecule has 1 N–H and O–H groups in total. The molecule has 168 valence electrons. The summed E-state index contributed by atoms with van der Waals surface area (Å²) < 4.78 is 5.31. The fourth-order valence-corrected chi connectivity index (χ4v) is 3.81. The highest BCUT2D eigenvalue weighted by atomic mass is 35.5. The molecule has 5 nitrogen and oxygen atoms in total. The Labute approximate surface area is 194 Å². The van der Waals surface area contributed by atoms with Crippen LogP contribution in [-0.2, 0) is 22.6 Å². The molecular weight excluding hydrogens is 435 g/mol. The van der Waals surface area contributed by atoms with Crippen molar-refractivity contribution in [2.45, 2.75) is 58.7 Å². The Hall–Kier alpha value is -2.24. The Bertz CT molecular complexity index is 884. The van der Waals surface area contributed by atoms with E-state index in [0.717, 1.165) is 12.0 Å². The van der Waals surface area contributed by atoms with Gasteiger partial charge in [-0.05, 0) is 55.2 Å². The summed E-state index contributed by atoms with van der Waals surface area (Å²) >= 11 is 12.6. The van der Waals surface area contributed by atoms with Gasteiger partial charge in [0.1, 0.15) is 11.8 Å². The van der Waals surface area contributed by atoms with Gasteiger partial charge in [0.05, 0.1) is 13.5 Å². The van der Waals surface area contributed by atoms with E-state index in [0.29, 0.717) is 27.8 Å². The van der Waals surface area contributed by atoms with Crippen LogP contribution in [0.25, 0.3) is 0 Å². The van der Waals surface area contributed by atoms with E-state index in [4.69, 9.17) is 27.9 Å². The summed E-state index contributed by atoms with van der Waals surface area (Å²) in [5.41, 5.74) is 1.43. The SMILES string of the molecule is CCC(C)NC(=O)C(CC)N(Cc1cccc(OC)c1)C(=O)Cc1c(Cl)cccc1Cl. The van der Waals surface area contributed by atoms with Crippen LogP contribution < -0.4 is 10.1 Å². The Morgan fingerprint density at radius 2 is 1.71 bits per heavy atom. The van der Waals surface area contributed by atoms with E-state index in [2.05, 4.69) is 5.32 Å². The molecular formula is C24H30Cl2N2O3. The number of halogens is 2. The van der Waals surface area contributed by atoms with Crippen LogP contribution in [0.15, 0.2) is 42.5 Å². The zero-order valence-corrected chi connectivity index (χ0v) is 20.0. The Balaban J connectivity index is 2.37. The van der Waals surface area contributed by atoms with E-state index in [-0.39, 0.29) is 30.8 Å². The maximum atomic E-state index is 13.4. The molecule has 31 heavy (non-hydrogen) atoms. The summed E-state index contributed by atoms with van der Waals surface area (Å²) in [5.74, 6) is 0.304. The van der Waals surface area contributed by atoms with Crippen LogP contribution in [-0.4, -0.2) is 35.9 Å². The van der Waals surface area contributed by atoms with Gasteiger partial charge in [0.25, 0.3) is 0 Å². The standard InChI is InChI=1S/C24H30Cl2N2O3/c1-5-16(3)27-24(30)22(6-2)28(15-17-9-7-10-18(13-17)31-4)23(29)14-19-20(25)11-8-12-21(19)26/h7-13,16,22H,5-6,14-15H2,1-4H3,(H,27,30). The largest absolute Gasteiger partial charge is 0.497 e. The van der Waals surface area contributed by atoms with E-state index in [1.165, 1.54) is 0 Å². The van der Waals surface area contributed by atoms with Crippen LogP contribution in [0.3, 0.4) is 0 Å². The molecule has 0 aliphatic carbocycles. The van der Waals surface area contributed by atoms with Crippen molar-refractivity contribution in [3.8, 4) is 5.75 Å². The lowest BCUT2D eigenvalue weighted by molar-refractivity contribution is -0.141. The van der Waals surface area contributed by atoms with Crippen LogP contribution in [0.2, 0.25) is 10.0 Å². The summed E-state index contributed by atoms with van der Waals surface area (Å²) in [5, 5.41) is 3.86. The zero-order valence-electron chi connectivity index (χ0n) is 18.5. The average molecular weight is 465 g/mol. The lowest BCUT2D eigenvalue weighted by atomic mass is 10.1. The lowest BCUT2D eigenvalue weighted by Crippen LogP contribution is -2.51. The fraction of sp³-hybridized carbons (Fsp3) is 0.417. The number of ether oxygens (including phenoxy) is 1. The van der Waals surface area contributed by atoms with Crippen LogP contribution in [0.4, 0.5) is 0 Å². The minimum atomic E-state index is -0.617.